The summed E-state index contributed by atoms with van der Waals surface area (Å²) in [4.78, 5) is 12.3. The molecular weight excluding hydrogens is 418 g/mol. The monoisotopic (exact) mass is 443 g/mol. The lowest BCUT2D eigenvalue weighted by Gasteiger charge is -2.20. The van der Waals surface area contributed by atoms with Gasteiger partial charge < -0.3 is 34.9 Å². The van der Waals surface area contributed by atoms with Crippen molar-refractivity contribution in [3.8, 4) is 11.5 Å². The van der Waals surface area contributed by atoms with E-state index in [-0.39, 0.29) is 18.5 Å². The predicted octanol–water partition coefficient (Wildman–Crippen LogP) is 0.749. The van der Waals surface area contributed by atoms with Gasteiger partial charge in [0, 0.05) is 0 Å². The van der Waals surface area contributed by atoms with Gasteiger partial charge in [0.25, 0.3) is 0 Å². The number of anilines is 1. The van der Waals surface area contributed by atoms with Gasteiger partial charge >= 0.3 is 0 Å². The predicted molar refractivity (Wildman–Crippen MR) is 112 cm³/mol. The largest absolute Gasteiger partial charge is 0.493 e. The number of imidazole rings is 1. The summed E-state index contributed by atoms with van der Waals surface area (Å²) in [5.74, 6) is 1.56. The van der Waals surface area contributed by atoms with E-state index in [1.54, 1.807) is 18.8 Å². The molecule has 2 aliphatic rings. The number of aliphatic hydroxyl groups is 2. The van der Waals surface area contributed by atoms with Crippen LogP contribution in [0.2, 0.25) is 0 Å². The van der Waals surface area contributed by atoms with Crippen molar-refractivity contribution in [1.29, 1.82) is 0 Å². The van der Waals surface area contributed by atoms with E-state index < -0.39 is 24.5 Å². The van der Waals surface area contributed by atoms with E-state index in [2.05, 4.69) is 15.0 Å². The Bertz CT molecular complexity index is 1140. The van der Waals surface area contributed by atoms with E-state index in [0.29, 0.717) is 22.7 Å². The summed E-state index contributed by atoms with van der Waals surface area (Å²) in [7, 11) is 3.20. The highest BCUT2D eigenvalue weighted by atomic mass is 16.6. The van der Waals surface area contributed by atoms with E-state index in [1.165, 1.54) is 12.7 Å². The van der Waals surface area contributed by atoms with Crippen molar-refractivity contribution in [3.05, 3.63) is 35.9 Å². The van der Waals surface area contributed by atoms with Gasteiger partial charge in [0.05, 0.1) is 33.3 Å². The average Bonchev–Trinajstić information content (AvgIpc) is 3.48. The van der Waals surface area contributed by atoms with Crippen LogP contribution in [0.25, 0.3) is 11.2 Å². The van der Waals surface area contributed by atoms with Crippen LogP contribution in [0.4, 0.5) is 5.82 Å². The Balaban J connectivity index is 1.31. The molecule has 1 aliphatic carbocycles. The van der Waals surface area contributed by atoms with Crippen molar-refractivity contribution < 1.29 is 29.2 Å². The van der Waals surface area contributed by atoms with Crippen molar-refractivity contribution in [2.75, 3.05) is 26.6 Å². The minimum absolute atomic E-state index is 0.108. The number of methoxy groups -OCH3 is 2. The fraction of sp³-hybridized carbons (Fsp3) is 0.476. The Morgan fingerprint density at radius 1 is 1.12 bits per heavy atom. The normalized spacial score (nSPS) is 27.1. The molecule has 4 N–H and O–H groups in total. The number of hydrogen-bond acceptors (Lipinski definition) is 10. The summed E-state index contributed by atoms with van der Waals surface area (Å²) in [6.07, 6.45) is 0.333. The van der Waals surface area contributed by atoms with Crippen molar-refractivity contribution in [3.63, 3.8) is 0 Å². The molecule has 2 aromatic heterocycles. The van der Waals surface area contributed by atoms with Crippen LogP contribution in [-0.4, -0.2) is 68.9 Å². The number of nitrogens with zero attached hydrogens (tertiary/aromatic N) is 4. The second-order valence-electron chi connectivity index (χ2n) is 7.90. The molecule has 1 aliphatic heterocycles. The zero-order valence-electron chi connectivity index (χ0n) is 17.7. The Morgan fingerprint density at radius 2 is 1.91 bits per heavy atom. The van der Waals surface area contributed by atoms with Crippen LogP contribution in [0.3, 0.4) is 0 Å². The molecule has 1 saturated heterocycles. The van der Waals surface area contributed by atoms with Crippen molar-refractivity contribution in [2.24, 2.45) is 0 Å². The molecule has 0 amide bonds. The maximum absolute atomic E-state index is 10.6. The number of aliphatic hydroxyl groups excluding tert-OH is 2. The molecule has 5 rings (SSSR count). The highest BCUT2D eigenvalue weighted by Gasteiger charge is 2.45. The zero-order chi connectivity index (χ0) is 22.4. The van der Waals surface area contributed by atoms with Gasteiger partial charge in [-0.3, -0.25) is 4.57 Å². The molecule has 11 heteroatoms. The second-order valence-corrected chi connectivity index (χ2v) is 7.90. The molecule has 0 bridgehead atoms. The van der Waals surface area contributed by atoms with Crippen LogP contribution < -0.4 is 15.2 Å². The summed E-state index contributed by atoms with van der Waals surface area (Å²) in [5.41, 5.74) is 8.83. The highest BCUT2D eigenvalue weighted by Crippen LogP contribution is 2.41. The third-order valence-electron chi connectivity index (χ3n) is 6.13. The second kappa shape index (κ2) is 8.17. The third kappa shape index (κ3) is 3.34. The fourth-order valence-corrected chi connectivity index (χ4v) is 4.43. The SMILES string of the molecule is COc1cc2c(cc1OC)C(OC[C@H]1O[C@@H](n3cnc4c(N)ncnc43)[C@H](O)[C@@H]1O)CC2. The van der Waals surface area contributed by atoms with Crippen molar-refractivity contribution in [1.82, 2.24) is 19.5 Å². The Morgan fingerprint density at radius 3 is 2.69 bits per heavy atom. The number of fused-ring (bicyclic) bond motifs is 2. The van der Waals surface area contributed by atoms with E-state index in [4.69, 9.17) is 24.7 Å². The van der Waals surface area contributed by atoms with E-state index in [9.17, 15) is 10.2 Å². The topological polar surface area (TPSA) is 147 Å². The van der Waals surface area contributed by atoms with Gasteiger partial charge in [0.15, 0.2) is 29.2 Å². The summed E-state index contributed by atoms with van der Waals surface area (Å²) in [5, 5.41) is 21.2. The van der Waals surface area contributed by atoms with Crippen LogP contribution in [-0.2, 0) is 15.9 Å². The molecule has 170 valence electrons. The molecule has 0 saturated carbocycles. The van der Waals surface area contributed by atoms with Crippen LogP contribution in [0.1, 0.15) is 29.9 Å². The van der Waals surface area contributed by atoms with Gasteiger partial charge in [-0.05, 0) is 36.1 Å². The molecule has 11 nitrogen and oxygen atoms in total. The lowest BCUT2D eigenvalue weighted by molar-refractivity contribution is -0.0814. The van der Waals surface area contributed by atoms with E-state index in [1.807, 2.05) is 12.1 Å². The third-order valence-corrected chi connectivity index (χ3v) is 6.13. The zero-order valence-corrected chi connectivity index (χ0v) is 17.7. The Kier molecular flexibility index (Phi) is 5.33. The maximum Gasteiger partial charge on any atom is 0.167 e. The van der Waals surface area contributed by atoms with Gasteiger partial charge in [-0.2, -0.15) is 0 Å². The van der Waals surface area contributed by atoms with Gasteiger partial charge in [0.2, 0.25) is 0 Å². The summed E-state index contributed by atoms with van der Waals surface area (Å²) in [6.45, 7) is 0.108. The van der Waals surface area contributed by atoms with Crippen LogP contribution in [0.5, 0.6) is 11.5 Å². The summed E-state index contributed by atoms with van der Waals surface area (Å²) < 4.78 is 24.4. The van der Waals surface area contributed by atoms with Crippen molar-refractivity contribution in [2.45, 2.75) is 43.5 Å². The fourth-order valence-electron chi connectivity index (χ4n) is 4.43. The molecule has 1 fully saturated rings. The first-order valence-electron chi connectivity index (χ1n) is 10.3. The molecule has 3 heterocycles. The molecule has 0 radical (unpaired) electrons. The lowest BCUT2D eigenvalue weighted by atomic mass is 10.1. The highest BCUT2D eigenvalue weighted by molar-refractivity contribution is 5.81. The lowest BCUT2D eigenvalue weighted by Crippen LogP contribution is -2.34. The number of aryl methyl sites for hydroxylation is 1. The van der Waals surface area contributed by atoms with Gasteiger partial charge in [-0.1, -0.05) is 0 Å². The summed E-state index contributed by atoms with van der Waals surface area (Å²) in [6, 6.07) is 3.90. The number of benzene rings is 1. The number of nitrogens with two attached hydrogens (primary N) is 1. The first-order chi connectivity index (χ1) is 15.5. The Hall–Kier alpha value is -2.99. The van der Waals surface area contributed by atoms with Crippen LogP contribution in [0, 0.1) is 0 Å². The quantitative estimate of drug-likeness (QED) is 0.498. The van der Waals surface area contributed by atoms with E-state index >= 15 is 0 Å². The minimum Gasteiger partial charge on any atom is -0.493 e. The first kappa shape index (κ1) is 20.9. The van der Waals surface area contributed by atoms with E-state index in [0.717, 1.165) is 24.0 Å². The van der Waals surface area contributed by atoms with Gasteiger partial charge in [-0.25, -0.2) is 15.0 Å². The van der Waals surface area contributed by atoms with Gasteiger partial charge in [-0.15, -0.1) is 0 Å². The molecule has 1 unspecified atom stereocenters. The van der Waals surface area contributed by atoms with Crippen LogP contribution in [0.15, 0.2) is 24.8 Å². The molecule has 3 aromatic rings. The number of rotatable bonds is 6. The van der Waals surface area contributed by atoms with Gasteiger partial charge in [0.1, 0.15) is 30.2 Å². The Labute approximate surface area is 183 Å². The smallest absolute Gasteiger partial charge is 0.167 e. The molecular formula is C21H25N5O6. The number of hydrogen-bond donors (Lipinski definition) is 3. The van der Waals surface area contributed by atoms with Crippen molar-refractivity contribution >= 4 is 17.0 Å². The standard InChI is InChI=1S/C21H25N5O6/c1-29-13-5-10-3-4-12(11(10)6-14(13)30-2)31-7-15-17(27)18(28)21(32-15)26-9-25-16-19(22)23-8-24-20(16)26/h5-6,8-9,12,15,17-18,21,27-28H,3-4,7H2,1-2H3,(H2,22,23,24)/t12?,15-,17-,18-,21-/m1/s1. The average molecular weight is 443 g/mol. The summed E-state index contributed by atoms with van der Waals surface area (Å²) >= 11 is 0. The molecule has 5 atom stereocenters. The molecule has 1 aromatic carbocycles. The molecule has 32 heavy (non-hydrogen) atoms. The minimum atomic E-state index is -1.18. The number of ether oxygens (including phenoxy) is 4. The molecule has 0 spiro atoms. The number of nitrogen functional groups attached to an aromatic ring is 1. The van der Waals surface area contributed by atoms with Crippen LogP contribution >= 0.6 is 0 Å². The maximum atomic E-state index is 10.6. The first-order valence-corrected chi connectivity index (χ1v) is 10.3. The number of aromatic nitrogens is 4.